The molecule has 4 nitrogen and oxygen atoms in total. The number of H-pyrrole nitrogens is 1. The average molecular weight is 249 g/mol. The van der Waals surface area contributed by atoms with Gasteiger partial charge in [-0.05, 0) is 24.6 Å². The predicted octanol–water partition coefficient (Wildman–Crippen LogP) is 2.41. The monoisotopic (exact) mass is 249 g/mol. The molecule has 5 heteroatoms. The van der Waals surface area contributed by atoms with Gasteiger partial charge in [0.05, 0.1) is 13.3 Å². The Morgan fingerprint density at radius 1 is 1.50 bits per heavy atom. The van der Waals surface area contributed by atoms with E-state index in [9.17, 15) is 4.39 Å². The topological polar surface area (TPSA) is 49.9 Å². The van der Waals surface area contributed by atoms with Crippen LogP contribution in [0.2, 0.25) is 0 Å². The molecule has 0 aliphatic rings. The summed E-state index contributed by atoms with van der Waals surface area (Å²) in [5.41, 5.74) is 1.95. The van der Waals surface area contributed by atoms with Gasteiger partial charge in [-0.25, -0.2) is 4.39 Å². The van der Waals surface area contributed by atoms with E-state index in [-0.39, 0.29) is 17.6 Å². The number of nitrogens with one attached hydrogen (secondary N) is 2. The van der Waals surface area contributed by atoms with Crippen LogP contribution in [-0.4, -0.2) is 17.3 Å². The van der Waals surface area contributed by atoms with Crippen molar-refractivity contribution in [2.45, 2.75) is 19.5 Å². The third kappa shape index (κ3) is 2.87. The highest BCUT2D eigenvalue weighted by atomic mass is 19.1. The number of hydrogen-bond acceptors (Lipinski definition) is 3. The summed E-state index contributed by atoms with van der Waals surface area (Å²) in [5, 5.41) is 9.92. The number of nitrogens with zero attached hydrogens (tertiary/aromatic N) is 1. The maximum absolute atomic E-state index is 13.6. The Hall–Kier alpha value is -1.88. The predicted molar refractivity (Wildman–Crippen MR) is 66.8 cm³/mol. The van der Waals surface area contributed by atoms with E-state index >= 15 is 0 Å². The van der Waals surface area contributed by atoms with E-state index < -0.39 is 0 Å². The molecule has 1 atom stereocenters. The third-order valence-electron chi connectivity index (χ3n) is 2.84. The van der Waals surface area contributed by atoms with E-state index in [1.165, 1.54) is 13.2 Å². The molecule has 0 spiro atoms. The van der Waals surface area contributed by atoms with Crippen molar-refractivity contribution in [3.63, 3.8) is 0 Å². The maximum Gasteiger partial charge on any atom is 0.165 e. The Bertz CT molecular complexity index is 499. The molecular formula is C13H16FN3O. The molecule has 2 rings (SSSR count). The summed E-state index contributed by atoms with van der Waals surface area (Å²) in [7, 11) is 1.46. The first-order valence-electron chi connectivity index (χ1n) is 5.75. The molecule has 2 aromatic rings. The van der Waals surface area contributed by atoms with E-state index in [4.69, 9.17) is 4.74 Å². The van der Waals surface area contributed by atoms with Crippen LogP contribution in [0.3, 0.4) is 0 Å². The van der Waals surface area contributed by atoms with Gasteiger partial charge in [0.25, 0.3) is 0 Å². The van der Waals surface area contributed by atoms with Gasteiger partial charge < -0.3 is 10.1 Å². The van der Waals surface area contributed by atoms with Crippen molar-refractivity contribution in [3.05, 3.63) is 47.5 Å². The minimum Gasteiger partial charge on any atom is -0.494 e. The molecule has 96 valence electrons. The zero-order chi connectivity index (χ0) is 13.0. The normalized spacial score (nSPS) is 12.4. The molecule has 0 saturated carbocycles. The number of benzene rings is 1. The molecule has 2 N–H and O–H groups in total. The molecule has 0 fully saturated rings. The third-order valence-corrected chi connectivity index (χ3v) is 2.84. The van der Waals surface area contributed by atoms with Crippen LogP contribution in [0, 0.1) is 5.82 Å². The van der Waals surface area contributed by atoms with Crippen LogP contribution in [0.15, 0.2) is 30.6 Å². The minimum atomic E-state index is -0.341. The summed E-state index contributed by atoms with van der Waals surface area (Å²) in [4.78, 5) is 0. The van der Waals surface area contributed by atoms with Crippen molar-refractivity contribution in [3.8, 4) is 5.75 Å². The molecule has 0 bridgehead atoms. The van der Waals surface area contributed by atoms with Crippen molar-refractivity contribution in [1.29, 1.82) is 0 Å². The Morgan fingerprint density at radius 2 is 2.33 bits per heavy atom. The van der Waals surface area contributed by atoms with Crippen molar-refractivity contribution < 1.29 is 9.13 Å². The van der Waals surface area contributed by atoms with Gasteiger partial charge in [0, 0.05) is 24.3 Å². The van der Waals surface area contributed by atoms with Crippen LogP contribution in [0.25, 0.3) is 0 Å². The Kier molecular flexibility index (Phi) is 3.94. The van der Waals surface area contributed by atoms with Crippen LogP contribution in [0.1, 0.15) is 24.1 Å². The van der Waals surface area contributed by atoms with Gasteiger partial charge in [0.1, 0.15) is 0 Å². The van der Waals surface area contributed by atoms with Crippen molar-refractivity contribution in [2.24, 2.45) is 0 Å². The molecule has 0 saturated heterocycles. The zero-order valence-corrected chi connectivity index (χ0v) is 10.4. The summed E-state index contributed by atoms with van der Waals surface area (Å²) in [5.74, 6) is -0.0762. The van der Waals surface area contributed by atoms with Gasteiger partial charge in [-0.2, -0.15) is 5.10 Å². The van der Waals surface area contributed by atoms with Crippen molar-refractivity contribution in [2.75, 3.05) is 7.11 Å². The van der Waals surface area contributed by atoms with Crippen LogP contribution >= 0.6 is 0 Å². The van der Waals surface area contributed by atoms with Gasteiger partial charge in [-0.15, -0.1) is 0 Å². The van der Waals surface area contributed by atoms with Crippen molar-refractivity contribution >= 4 is 0 Å². The standard InChI is InChI=1S/C13H16FN3O/c1-9(15-6-10-7-16-17-8-10)11-3-4-13(18-2)12(14)5-11/h3-5,7-9,15H,6H2,1-2H3,(H,16,17). The number of methoxy groups -OCH3 is 1. The number of halogens is 1. The molecule has 0 aliphatic carbocycles. The van der Waals surface area contributed by atoms with Gasteiger partial charge >= 0.3 is 0 Å². The lowest BCUT2D eigenvalue weighted by Gasteiger charge is -2.14. The van der Waals surface area contributed by atoms with Crippen molar-refractivity contribution in [1.82, 2.24) is 15.5 Å². The van der Waals surface area contributed by atoms with Crippen LogP contribution in [0.4, 0.5) is 4.39 Å². The van der Waals surface area contributed by atoms with E-state index in [1.54, 1.807) is 12.3 Å². The van der Waals surface area contributed by atoms with Crippen LogP contribution < -0.4 is 10.1 Å². The van der Waals surface area contributed by atoms with E-state index in [0.29, 0.717) is 6.54 Å². The first kappa shape index (κ1) is 12.6. The first-order valence-corrected chi connectivity index (χ1v) is 5.75. The maximum atomic E-state index is 13.6. The molecular weight excluding hydrogens is 233 g/mol. The second kappa shape index (κ2) is 5.64. The lowest BCUT2D eigenvalue weighted by Crippen LogP contribution is -2.17. The summed E-state index contributed by atoms with van der Waals surface area (Å²) in [6.45, 7) is 2.67. The zero-order valence-electron chi connectivity index (χ0n) is 10.4. The highest BCUT2D eigenvalue weighted by Gasteiger charge is 2.09. The molecule has 18 heavy (non-hydrogen) atoms. The number of ether oxygens (including phenoxy) is 1. The Balaban J connectivity index is 2.00. The second-order valence-electron chi connectivity index (χ2n) is 4.10. The van der Waals surface area contributed by atoms with Gasteiger partial charge in [0.15, 0.2) is 11.6 Å². The molecule has 0 radical (unpaired) electrons. The summed E-state index contributed by atoms with van der Waals surface area (Å²) in [6.07, 6.45) is 3.59. The lowest BCUT2D eigenvalue weighted by molar-refractivity contribution is 0.385. The highest BCUT2D eigenvalue weighted by Crippen LogP contribution is 2.21. The summed E-state index contributed by atoms with van der Waals surface area (Å²) >= 11 is 0. The number of hydrogen-bond donors (Lipinski definition) is 2. The van der Waals surface area contributed by atoms with Crippen LogP contribution in [-0.2, 0) is 6.54 Å². The second-order valence-corrected chi connectivity index (χ2v) is 4.10. The SMILES string of the molecule is COc1ccc(C(C)NCc2cn[nH]c2)cc1F. The summed E-state index contributed by atoms with van der Waals surface area (Å²) < 4.78 is 18.4. The molecule has 1 unspecified atom stereocenters. The number of rotatable bonds is 5. The lowest BCUT2D eigenvalue weighted by atomic mass is 10.1. The molecule has 1 aromatic carbocycles. The number of aromatic nitrogens is 2. The molecule has 1 aromatic heterocycles. The first-order chi connectivity index (χ1) is 8.70. The molecule has 0 aliphatic heterocycles. The van der Waals surface area contributed by atoms with Crippen LogP contribution in [0.5, 0.6) is 5.75 Å². The highest BCUT2D eigenvalue weighted by molar-refractivity contribution is 5.30. The van der Waals surface area contributed by atoms with E-state index in [2.05, 4.69) is 15.5 Å². The van der Waals surface area contributed by atoms with Gasteiger partial charge in [-0.1, -0.05) is 6.07 Å². The van der Waals surface area contributed by atoms with E-state index in [0.717, 1.165) is 11.1 Å². The van der Waals surface area contributed by atoms with Gasteiger partial charge in [0.2, 0.25) is 0 Å². The fourth-order valence-electron chi connectivity index (χ4n) is 1.72. The fraction of sp³-hybridized carbons (Fsp3) is 0.308. The Morgan fingerprint density at radius 3 is 2.94 bits per heavy atom. The number of aromatic amines is 1. The molecule has 1 heterocycles. The summed E-state index contributed by atoms with van der Waals surface area (Å²) in [6, 6.07) is 5.04. The minimum absolute atomic E-state index is 0.0558. The van der Waals surface area contributed by atoms with E-state index in [1.807, 2.05) is 19.2 Å². The molecule has 0 amide bonds. The fourth-order valence-corrected chi connectivity index (χ4v) is 1.72. The Labute approximate surface area is 105 Å². The largest absolute Gasteiger partial charge is 0.494 e. The average Bonchev–Trinajstić information content (AvgIpc) is 2.89. The van der Waals surface area contributed by atoms with Gasteiger partial charge in [-0.3, -0.25) is 5.10 Å². The smallest absolute Gasteiger partial charge is 0.165 e. The quantitative estimate of drug-likeness (QED) is 0.855.